The van der Waals surface area contributed by atoms with Crippen molar-refractivity contribution < 1.29 is 26.7 Å². The van der Waals surface area contributed by atoms with Gasteiger partial charge >= 0.3 is 12.1 Å². The number of alkyl halides is 5. The Kier molecular flexibility index (Phi) is 3.65. The summed E-state index contributed by atoms with van der Waals surface area (Å²) in [4.78, 5) is 0. The van der Waals surface area contributed by atoms with E-state index in [0.29, 0.717) is 17.9 Å². The first-order chi connectivity index (χ1) is 9.30. The second-order valence-electron chi connectivity index (χ2n) is 4.02. The summed E-state index contributed by atoms with van der Waals surface area (Å²) in [6.45, 7) is 0. The lowest BCUT2D eigenvalue weighted by molar-refractivity contribution is -0.289. The zero-order chi connectivity index (χ0) is 14.8. The molecule has 2 aromatic rings. The Morgan fingerprint density at radius 2 is 1.30 bits per heavy atom. The van der Waals surface area contributed by atoms with Gasteiger partial charge in [0.05, 0.1) is 0 Å². The first-order valence-electron chi connectivity index (χ1n) is 5.59. The maximum Gasteiger partial charge on any atom is 0.458 e. The van der Waals surface area contributed by atoms with Crippen LogP contribution in [0.5, 0.6) is 11.5 Å². The fourth-order valence-electron chi connectivity index (χ4n) is 1.54. The van der Waals surface area contributed by atoms with E-state index in [0.717, 1.165) is 6.07 Å². The Balaban J connectivity index is 2.29. The van der Waals surface area contributed by atoms with Crippen LogP contribution in [0.3, 0.4) is 0 Å². The molecule has 1 nitrogen and oxygen atoms in total. The number of rotatable bonds is 3. The Labute approximate surface area is 111 Å². The summed E-state index contributed by atoms with van der Waals surface area (Å²) < 4.78 is 68.5. The van der Waals surface area contributed by atoms with Crippen LogP contribution in [-0.2, 0) is 5.92 Å². The van der Waals surface area contributed by atoms with E-state index in [4.69, 9.17) is 4.74 Å². The van der Waals surface area contributed by atoms with Gasteiger partial charge in [0, 0.05) is 5.56 Å². The van der Waals surface area contributed by atoms with Crippen LogP contribution in [0.4, 0.5) is 22.0 Å². The number of para-hydroxylation sites is 1. The third-order valence-corrected chi connectivity index (χ3v) is 2.53. The molecule has 0 radical (unpaired) electrons. The Bertz CT molecular complexity index is 578. The van der Waals surface area contributed by atoms with Crippen LogP contribution in [0.15, 0.2) is 54.6 Å². The van der Waals surface area contributed by atoms with Crippen LogP contribution < -0.4 is 4.74 Å². The fraction of sp³-hybridized carbons (Fsp3) is 0.143. The summed E-state index contributed by atoms with van der Waals surface area (Å²) in [6, 6.07) is 12.0. The maximum atomic E-state index is 13.2. The van der Waals surface area contributed by atoms with E-state index >= 15 is 0 Å². The Hall–Kier alpha value is -2.11. The molecule has 0 bridgehead atoms. The zero-order valence-electron chi connectivity index (χ0n) is 9.99. The molecule has 0 spiro atoms. The normalized spacial score (nSPS) is 12.2. The SMILES string of the molecule is FC(F)(F)C(F)(F)c1cccc(Oc2ccccc2)c1. The van der Waals surface area contributed by atoms with Gasteiger partial charge in [0.1, 0.15) is 11.5 Å². The summed E-state index contributed by atoms with van der Waals surface area (Å²) in [5, 5.41) is 0. The number of halogens is 5. The van der Waals surface area contributed by atoms with Crippen LogP contribution in [0.2, 0.25) is 0 Å². The highest BCUT2D eigenvalue weighted by molar-refractivity contribution is 5.35. The van der Waals surface area contributed by atoms with Gasteiger partial charge in [0.15, 0.2) is 0 Å². The summed E-state index contributed by atoms with van der Waals surface area (Å²) in [7, 11) is 0. The molecule has 0 heterocycles. The molecule has 0 aromatic heterocycles. The van der Waals surface area contributed by atoms with E-state index in [1.165, 1.54) is 6.07 Å². The van der Waals surface area contributed by atoms with E-state index in [-0.39, 0.29) is 5.75 Å². The molecule has 0 fully saturated rings. The van der Waals surface area contributed by atoms with Crippen molar-refractivity contribution in [1.82, 2.24) is 0 Å². The third-order valence-electron chi connectivity index (χ3n) is 2.53. The lowest BCUT2D eigenvalue weighted by Gasteiger charge is -2.20. The van der Waals surface area contributed by atoms with Crippen molar-refractivity contribution in [3.63, 3.8) is 0 Å². The number of ether oxygens (including phenoxy) is 1. The van der Waals surface area contributed by atoms with Crippen LogP contribution in [0.1, 0.15) is 5.56 Å². The maximum absolute atomic E-state index is 13.2. The molecule has 2 rings (SSSR count). The first-order valence-corrected chi connectivity index (χ1v) is 5.59. The van der Waals surface area contributed by atoms with Gasteiger partial charge < -0.3 is 4.74 Å². The molecular formula is C14H9F5O. The van der Waals surface area contributed by atoms with Crippen molar-refractivity contribution in [2.24, 2.45) is 0 Å². The van der Waals surface area contributed by atoms with E-state index in [1.54, 1.807) is 30.3 Å². The highest BCUT2D eigenvalue weighted by Gasteiger charge is 2.58. The Morgan fingerprint density at radius 1 is 0.700 bits per heavy atom. The molecular weight excluding hydrogens is 279 g/mol. The molecule has 0 aliphatic rings. The minimum atomic E-state index is -5.64. The van der Waals surface area contributed by atoms with Crippen molar-refractivity contribution in [3.05, 3.63) is 60.2 Å². The van der Waals surface area contributed by atoms with E-state index < -0.39 is 17.7 Å². The first kappa shape index (κ1) is 14.3. The molecule has 0 unspecified atom stereocenters. The molecule has 0 atom stereocenters. The van der Waals surface area contributed by atoms with Gasteiger partial charge in [-0.25, -0.2) is 0 Å². The van der Waals surface area contributed by atoms with Crippen LogP contribution >= 0.6 is 0 Å². The molecule has 106 valence electrons. The van der Waals surface area contributed by atoms with E-state index in [2.05, 4.69) is 0 Å². The van der Waals surface area contributed by atoms with Crippen molar-refractivity contribution in [2.75, 3.05) is 0 Å². The third kappa shape index (κ3) is 2.89. The van der Waals surface area contributed by atoms with Crippen LogP contribution in [-0.4, -0.2) is 6.18 Å². The zero-order valence-corrected chi connectivity index (χ0v) is 9.99. The number of hydrogen-bond donors (Lipinski definition) is 0. The minimum absolute atomic E-state index is 0.0855. The van der Waals surface area contributed by atoms with Crippen LogP contribution in [0, 0.1) is 0 Å². The number of benzene rings is 2. The van der Waals surface area contributed by atoms with Crippen molar-refractivity contribution in [3.8, 4) is 11.5 Å². The highest BCUT2D eigenvalue weighted by Crippen LogP contribution is 2.44. The molecule has 0 N–H and O–H groups in total. The molecule has 0 saturated carbocycles. The van der Waals surface area contributed by atoms with Crippen molar-refractivity contribution >= 4 is 0 Å². The second kappa shape index (κ2) is 5.11. The quantitative estimate of drug-likeness (QED) is 0.711. The summed E-state index contributed by atoms with van der Waals surface area (Å²) in [5.41, 5.74) is -1.15. The topological polar surface area (TPSA) is 9.23 Å². The molecule has 2 aromatic carbocycles. The predicted molar refractivity (Wildman–Crippen MR) is 62.9 cm³/mol. The molecule has 0 saturated heterocycles. The summed E-state index contributed by atoms with van der Waals surface area (Å²) >= 11 is 0. The minimum Gasteiger partial charge on any atom is -0.457 e. The van der Waals surface area contributed by atoms with Gasteiger partial charge in [0.2, 0.25) is 0 Å². The second-order valence-corrected chi connectivity index (χ2v) is 4.02. The van der Waals surface area contributed by atoms with Gasteiger partial charge in [-0.05, 0) is 24.3 Å². The standard InChI is InChI=1S/C14H9F5O/c15-13(16,14(17,18)19)10-5-4-8-12(9-10)20-11-6-2-1-3-7-11/h1-9H. The molecule has 0 aliphatic heterocycles. The lowest BCUT2D eigenvalue weighted by Crippen LogP contribution is -2.33. The van der Waals surface area contributed by atoms with Gasteiger partial charge in [-0.2, -0.15) is 22.0 Å². The van der Waals surface area contributed by atoms with E-state index in [9.17, 15) is 22.0 Å². The predicted octanol–water partition coefficient (Wildman–Crippen LogP) is 5.13. The highest BCUT2D eigenvalue weighted by atomic mass is 19.4. The molecule has 0 aliphatic carbocycles. The van der Waals surface area contributed by atoms with E-state index in [1.807, 2.05) is 0 Å². The summed E-state index contributed by atoms with van der Waals surface area (Å²) in [6.07, 6.45) is -5.64. The van der Waals surface area contributed by atoms with Gasteiger partial charge in [0.25, 0.3) is 0 Å². The fourth-order valence-corrected chi connectivity index (χ4v) is 1.54. The number of hydrogen-bond acceptors (Lipinski definition) is 1. The largest absolute Gasteiger partial charge is 0.458 e. The summed E-state index contributed by atoms with van der Waals surface area (Å²) in [5.74, 6) is -4.65. The van der Waals surface area contributed by atoms with Crippen molar-refractivity contribution in [1.29, 1.82) is 0 Å². The molecule has 20 heavy (non-hydrogen) atoms. The average Bonchev–Trinajstić information content (AvgIpc) is 2.39. The van der Waals surface area contributed by atoms with Gasteiger partial charge in [-0.15, -0.1) is 0 Å². The Morgan fingerprint density at radius 3 is 1.90 bits per heavy atom. The monoisotopic (exact) mass is 288 g/mol. The van der Waals surface area contributed by atoms with Gasteiger partial charge in [-0.1, -0.05) is 30.3 Å². The van der Waals surface area contributed by atoms with Gasteiger partial charge in [-0.3, -0.25) is 0 Å². The molecule has 0 amide bonds. The average molecular weight is 288 g/mol. The van der Waals surface area contributed by atoms with Crippen LogP contribution in [0.25, 0.3) is 0 Å². The molecule has 6 heteroatoms. The van der Waals surface area contributed by atoms with Crippen molar-refractivity contribution in [2.45, 2.75) is 12.1 Å². The lowest BCUT2D eigenvalue weighted by atomic mass is 10.1. The smallest absolute Gasteiger partial charge is 0.457 e.